The number of hydrogen-bond acceptors (Lipinski definition) is 2. The Morgan fingerprint density at radius 2 is 2.00 bits per heavy atom. The van der Waals surface area contributed by atoms with Gasteiger partial charge in [-0.2, -0.15) is 0 Å². The Labute approximate surface area is 118 Å². The Hall–Kier alpha value is -0.413. The molecule has 108 valence electrons. The zero-order chi connectivity index (χ0) is 14.3. The van der Waals surface area contributed by atoms with Crippen LogP contribution >= 0.6 is 0 Å². The van der Waals surface area contributed by atoms with Crippen molar-refractivity contribution in [2.75, 3.05) is 0 Å². The van der Waals surface area contributed by atoms with Gasteiger partial charge in [0.15, 0.2) is 14.1 Å². The Balaban J connectivity index is 2.29. The molecule has 2 aliphatic rings. The highest BCUT2D eigenvalue weighted by Gasteiger charge is 2.51. The van der Waals surface area contributed by atoms with Crippen molar-refractivity contribution in [3.05, 3.63) is 12.2 Å². The Kier molecular flexibility index (Phi) is 3.82. The Morgan fingerprint density at radius 1 is 1.32 bits per heavy atom. The van der Waals surface area contributed by atoms with E-state index in [4.69, 9.17) is 4.43 Å². The molecule has 0 amide bonds. The number of fused-ring (bicyclic) bond motifs is 1. The van der Waals surface area contributed by atoms with E-state index in [0.29, 0.717) is 5.78 Å². The quantitative estimate of drug-likeness (QED) is 0.698. The minimum absolute atomic E-state index is 0.111. The van der Waals surface area contributed by atoms with Gasteiger partial charge in [-0.25, -0.2) is 0 Å². The number of hydrogen-bond donors (Lipinski definition) is 0. The fourth-order valence-electron chi connectivity index (χ4n) is 3.17. The van der Waals surface area contributed by atoms with Crippen LogP contribution < -0.4 is 0 Å². The lowest BCUT2D eigenvalue weighted by molar-refractivity contribution is -0.131. The average Bonchev–Trinajstić information content (AvgIpc) is 2.27. The molecular formula is C16H28O2Si. The summed E-state index contributed by atoms with van der Waals surface area (Å²) in [5.74, 6) is 0.407. The lowest BCUT2D eigenvalue weighted by atomic mass is 9.69. The third-order valence-corrected chi connectivity index (χ3v) is 9.86. The van der Waals surface area contributed by atoms with Gasteiger partial charge in [0.05, 0.1) is 5.60 Å². The first-order valence-corrected chi connectivity index (χ1v) is 10.5. The van der Waals surface area contributed by atoms with Crippen LogP contribution in [0, 0.1) is 5.92 Å². The maximum Gasteiger partial charge on any atom is 0.192 e. The predicted octanol–water partition coefficient (Wildman–Crippen LogP) is 4.47. The van der Waals surface area contributed by atoms with Crippen LogP contribution in [-0.2, 0) is 9.22 Å². The highest BCUT2D eigenvalue weighted by atomic mass is 28.4. The minimum Gasteiger partial charge on any atom is -0.410 e. The molecule has 0 saturated heterocycles. The summed E-state index contributed by atoms with van der Waals surface area (Å²) in [6.07, 6.45) is 9.19. The second kappa shape index (κ2) is 4.85. The van der Waals surface area contributed by atoms with E-state index < -0.39 is 8.32 Å². The average molecular weight is 280 g/mol. The number of allylic oxidation sites excluding steroid dienone is 1. The number of ketones is 1. The van der Waals surface area contributed by atoms with Crippen LogP contribution in [0.1, 0.15) is 52.9 Å². The van der Waals surface area contributed by atoms with E-state index >= 15 is 0 Å². The third kappa shape index (κ3) is 2.73. The van der Waals surface area contributed by atoms with Gasteiger partial charge in [-0.1, -0.05) is 39.7 Å². The molecule has 3 heteroatoms. The second-order valence-corrected chi connectivity index (χ2v) is 12.5. The number of carbonyl (C=O) groups excluding carboxylic acids is 1. The van der Waals surface area contributed by atoms with Crippen molar-refractivity contribution in [1.29, 1.82) is 0 Å². The van der Waals surface area contributed by atoms with Crippen molar-refractivity contribution in [2.24, 2.45) is 5.92 Å². The lowest BCUT2D eigenvalue weighted by Gasteiger charge is -2.51. The van der Waals surface area contributed by atoms with Gasteiger partial charge in [-0.3, -0.25) is 4.79 Å². The zero-order valence-electron chi connectivity index (χ0n) is 13.1. The van der Waals surface area contributed by atoms with E-state index in [2.05, 4.69) is 33.9 Å². The second-order valence-electron chi connectivity index (χ2n) is 7.73. The van der Waals surface area contributed by atoms with Crippen LogP contribution in [0.5, 0.6) is 0 Å². The van der Waals surface area contributed by atoms with Crippen LogP contribution in [0.15, 0.2) is 12.2 Å². The van der Waals surface area contributed by atoms with E-state index in [1.807, 2.05) is 6.08 Å². The standard InChI is InChI=1S/C16H28O2Si/c1-15(2,3)19(4,5)18-16-11-7-6-9-13(16)14(17)10-8-12-16/h8,10,13H,6-7,9,11-12H2,1-5H3/t13-,16+/m1/s1. The van der Waals surface area contributed by atoms with Crippen LogP contribution in [-0.4, -0.2) is 19.7 Å². The molecule has 0 bridgehead atoms. The topological polar surface area (TPSA) is 26.3 Å². The Morgan fingerprint density at radius 3 is 2.63 bits per heavy atom. The fraction of sp³-hybridized carbons (Fsp3) is 0.812. The first-order chi connectivity index (χ1) is 8.68. The summed E-state index contributed by atoms with van der Waals surface area (Å²) in [6, 6.07) is 0. The van der Waals surface area contributed by atoms with E-state index in [0.717, 1.165) is 19.3 Å². The first kappa shape index (κ1) is 15.0. The molecule has 0 aromatic carbocycles. The number of rotatable bonds is 2. The first-order valence-electron chi connectivity index (χ1n) is 7.59. The molecule has 1 fully saturated rings. The van der Waals surface area contributed by atoms with E-state index in [1.54, 1.807) is 6.08 Å². The van der Waals surface area contributed by atoms with Gasteiger partial charge in [0, 0.05) is 5.92 Å². The van der Waals surface area contributed by atoms with Crippen molar-refractivity contribution in [2.45, 2.75) is 76.6 Å². The maximum atomic E-state index is 12.2. The molecule has 2 aliphatic carbocycles. The molecule has 2 rings (SSSR count). The zero-order valence-corrected chi connectivity index (χ0v) is 14.1. The normalized spacial score (nSPS) is 32.3. The summed E-state index contributed by atoms with van der Waals surface area (Å²) >= 11 is 0. The van der Waals surface area contributed by atoms with Gasteiger partial charge in [-0.15, -0.1) is 0 Å². The summed E-state index contributed by atoms with van der Waals surface area (Å²) in [5, 5.41) is 0.202. The van der Waals surface area contributed by atoms with E-state index in [9.17, 15) is 4.79 Å². The molecule has 0 N–H and O–H groups in total. The highest BCUT2D eigenvalue weighted by molar-refractivity contribution is 6.74. The van der Waals surface area contributed by atoms with Gasteiger partial charge >= 0.3 is 0 Å². The monoisotopic (exact) mass is 280 g/mol. The summed E-state index contributed by atoms with van der Waals surface area (Å²) in [6.45, 7) is 11.4. The molecule has 19 heavy (non-hydrogen) atoms. The summed E-state index contributed by atoms with van der Waals surface area (Å²) < 4.78 is 6.77. The molecule has 0 radical (unpaired) electrons. The van der Waals surface area contributed by atoms with Gasteiger partial charge in [-0.05, 0) is 43.5 Å². The van der Waals surface area contributed by atoms with Crippen molar-refractivity contribution >= 4 is 14.1 Å². The minimum atomic E-state index is -1.83. The van der Waals surface area contributed by atoms with Crippen LogP contribution in [0.25, 0.3) is 0 Å². The molecule has 0 spiro atoms. The van der Waals surface area contributed by atoms with Crippen LogP contribution in [0.3, 0.4) is 0 Å². The third-order valence-electron chi connectivity index (χ3n) is 5.33. The summed E-state index contributed by atoms with van der Waals surface area (Å²) in [5.41, 5.74) is -0.187. The predicted molar refractivity (Wildman–Crippen MR) is 81.7 cm³/mol. The van der Waals surface area contributed by atoms with Crippen molar-refractivity contribution in [3.8, 4) is 0 Å². The molecule has 0 aromatic heterocycles. The Bertz CT molecular complexity index is 392. The SMILES string of the molecule is CC(C)(C)[Si](C)(C)O[C@@]12CC=CC(=O)[C@H]1CCCC2. The molecule has 0 aliphatic heterocycles. The largest absolute Gasteiger partial charge is 0.410 e. The lowest BCUT2D eigenvalue weighted by Crippen LogP contribution is -2.56. The summed E-state index contributed by atoms with van der Waals surface area (Å²) in [4.78, 5) is 12.2. The van der Waals surface area contributed by atoms with Gasteiger partial charge in [0.25, 0.3) is 0 Å². The maximum absolute atomic E-state index is 12.2. The van der Waals surface area contributed by atoms with Gasteiger partial charge in [0.1, 0.15) is 0 Å². The van der Waals surface area contributed by atoms with Crippen molar-refractivity contribution in [3.63, 3.8) is 0 Å². The van der Waals surface area contributed by atoms with Crippen LogP contribution in [0.4, 0.5) is 0 Å². The van der Waals surface area contributed by atoms with Crippen LogP contribution in [0.2, 0.25) is 18.1 Å². The molecular weight excluding hydrogens is 252 g/mol. The van der Waals surface area contributed by atoms with E-state index in [-0.39, 0.29) is 16.6 Å². The fourth-order valence-corrected chi connectivity index (χ4v) is 4.82. The highest BCUT2D eigenvalue weighted by Crippen LogP contribution is 2.48. The van der Waals surface area contributed by atoms with Gasteiger partial charge in [0.2, 0.25) is 0 Å². The smallest absolute Gasteiger partial charge is 0.192 e. The molecule has 2 atom stereocenters. The molecule has 0 aromatic rings. The molecule has 0 unspecified atom stereocenters. The molecule has 2 nitrogen and oxygen atoms in total. The summed E-state index contributed by atoms with van der Waals surface area (Å²) in [7, 11) is -1.83. The van der Waals surface area contributed by atoms with Crippen molar-refractivity contribution < 1.29 is 9.22 Å². The number of carbonyl (C=O) groups is 1. The molecule has 1 saturated carbocycles. The van der Waals surface area contributed by atoms with Gasteiger partial charge < -0.3 is 4.43 Å². The van der Waals surface area contributed by atoms with E-state index in [1.165, 1.54) is 12.8 Å². The van der Waals surface area contributed by atoms with Crippen molar-refractivity contribution in [1.82, 2.24) is 0 Å². The molecule has 0 heterocycles.